The van der Waals surface area contributed by atoms with E-state index in [9.17, 15) is 0 Å². The van der Waals surface area contributed by atoms with Crippen LogP contribution in [0.2, 0.25) is 5.02 Å². The third-order valence-corrected chi connectivity index (χ3v) is 3.82. The summed E-state index contributed by atoms with van der Waals surface area (Å²) in [7, 11) is 0. The molecule has 3 heteroatoms. The zero-order valence-corrected chi connectivity index (χ0v) is 13.0. The lowest BCUT2D eigenvalue weighted by Crippen LogP contribution is -2.04. The van der Waals surface area contributed by atoms with Gasteiger partial charge in [-0.1, -0.05) is 25.4 Å². The molecule has 0 aliphatic carbocycles. The maximum Gasteiger partial charge on any atom is 0.126 e. The fourth-order valence-electron chi connectivity index (χ4n) is 2.44. The summed E-state index contributed by atoms with van der Waals surface area (Å²) in [6, 6.07) is 4.06. The molecule has 2 atom stereocenters. The molecule has 19 heavy (non-hydrogen) atoms. The standard InChI is InChI=1S/C16H23ClO2/c1-5-18-16-12(6-7-15-11(4)19-15)8-13(17)9-14(16)10(2)3/h8-11,15H,5-7H2,1-4H3. The summed E-state index contributed by atoms with van der Waals surface area (Å²) in [5, 5.41) is 0.798. The molecule has 1 aliphatic heterocycles. The van der Waals surface area contributed by atoms with Crippen molar-refractivity contribution < 1.29 is 9.47 Å². The van der Waals surface area contributed by atoms with Gasteiger partial charge in [0, 0.05) is 5.02 Å². The lowest BCUT2D eigenvalue weighted by atomic mass is 9.96. The molecule has 1 aromatic rings. The fraction of sp³-hybridized carbons (Fsp3) is 0.625. The lowest BCUT2D eigenvalue weighted by Gasteiger charge is -2.18. The number of benzene rings is 1. The van der Waals surface area contributed by atoms with Gasteiger partial charge in [-0.25, -0.2) is 0 Å². The lowest BCUT2D eigenvalue weighted by molar-refractivity contribution is 0.329. The smallest absolute Gasteiger partial charge is 0.126 e. The van der Waals surface area contributed by atoms with Crippen LogP contribution in [0.5, 0.6) is 5.75 Å². The first-order valence-electron chi connectivity index (χ1n) is 7.13. The van der Waals surface area contributed by atoms with Crippen molar-refractivity contribution in [1.82, 2.24) is 0 Å². The Morgan fingerprint density at radius 2 is 2.05 bits per heavy atom. The van der Waals surface area contributed by atoms with E-state index in [2.05, 4.69) is 20.8 Å². The average Bonchev–Trinajstić information content (AvgIpc) is 3.05. The van der Waals surface area contributed by atoms with Crippen molar-refractivity contribution in [3.8, 4) is 5.75 Å². The highest BCUT2D eigenvalue weighted by molar-refractivity contribution is 6.30. The van der Waals surface area contributed by atoms with Gasteiger partial charge < -0.3 is 9.47 Å². The summed E-state index contributed by atoms with van der Waals surface area (Å²) in [4.78, 5) is 0. The van der Waals surface area contributed by atoms with Crippen molar-refractivity contribution in [1.29, 1.82) is 0 Å². The first-order valence-corrected chi connectivity index (χ1v) is 7.51. The van der Waals surface area contributed by atoms with Gasteiger partial charge in [0.2, 0.25) is 0 Å². The number of halogens is 1. The van der Waals surface area contributed by atoms with Crippen LogP contribution in [-0.2, 0) is 11.2 Å². The molecule has 2 nitrogen and oxygen atoms in total. The van der Waals surface area contributed by atoms with Gasteiger partial charge in [0.15, 0.2) is 0 Å². The Morgan fingerprint density at radius 3 is 2.58 bits per heavy atom. The molecule has 0 saturated carbocycles. The first kappa shape index (κ1) is 14.7. The second-order valence-corrected chi connectivity index (χ2v) is 5.93. The summed E-state index contributed by atoms with van der Waals surface area (Å²) < 4.78 is 11.3. The third-order valence-electron chi connectivity index (χ3n) is 3.60. The molecule has 2 rings (SSSR count). The van der Waals surface area contributed by atoms with E-state index >= 15 is 0 Å². The largest absolute Gasteiger partial charge is 0.493 e. The van der Waals surface area contributed by atoms with Crippen LogP contribution in [0.1, 0.15) is 51.2 Å². The number of rotatable bonds is 6. The fourth-order valence-corrected chi connectivity index (χ4v) is 2.69. The zero-order chi connectivity index (χ0) is 14.0. The molecule has 0 amide bonds. The Labute approximate surface area is 121 Å². The normalized spacial score (nSPS) is 21.8. The maximum absolute atomic E-state index is 6.24. The van der Waals surface area contributed by atoms with E-state index in [-0.39, 0.29) is 0 Å². The Hall–Kier alpha value is -0.730. The van der Waals surface area contributed by atoms with E-state index in [1.54, 1.807) is 0 Å². The monoisotopic (exact) mass is 282 g/mol. The van der Waals surface area contributed by atoms with Crippen molar-refractivity contribution in [2.75, 3.05) is 6.61 Å². The van der Waals surface area contributed by atoms with Crippen LogP contribution in [0.15, 0.2) is 12.1 Å². The number of hydrogen-bond donors (Lipinski definition) is 0. The van der Waals surface area contributed by atoms with E-state index in [0.717, 1.165) is 23.6 Å². The minimum atomic E-state index is 0.412. The second kappa shape index (κ2) is 6.15. The Morgan fingerprint density at radius 1 is 1.37 bits per heavy atom. The van der Waals surface area contributed by atoms with Gasteiger partial charge in [0.1, 0.15) is 5.75 Å². The number of aryl methyl sites for hydroxylation is 1. The zero-order valence-electron chi connectivity index (χ0n) is 12.2. The average molecular weight is 283 g/mol. The number of hydrogen-bond acceptors (Lipinski definition) is 2. The summed E-state index contributed by atoms with van der Waals surface area (Å²) in [6.07, 6.45) is 2.83. The van der Waals surface area contributed by atoms with Crippen LogP contribution in [-0.4, -0.2) is 18.8 Å². The molecule has 1 saturated heterocycles. The molecule has 1 aliphatic rings. The molecular formula is C16H23ClO2. The van der Waals surface area contributed by atoms with Crippen LogP contribution in [0.3, 0.4) is 0 Å². The summed E-state index contributed by atoms with van der Waals surface area (Å²) in [6.45, 7) is 9.17. The quantitative estimate of drug-likeness (QED) is 0.712. The predicted molar refractivity (Wildman–Crippen MR) is 79.4 cm³/mol. The summed E-state index contributed by atoms with van der Waals surface area (Å²) in [5.41, 5.74) is 2.41. The van der Waals surface area contributed by atoms with Gasteiger partial charge in [-0.3, -0.25) is 0 Å². The Bertz CT molecular complexity index is 443. The topological polar surface area (TPSA) is 21.8 Å². The molecule has 0 aromatic heterocycles. The van der Waals surface area contributed by atoms with Crippen LogP contribution in [0, 0.1) is 0 Å². The SMILES string of the molecule is CCOc1c(CCC2OC2C)cc(Cl)cc1C(C)C. The van der Waals surface area contributed by atoms with Crippen LogP contribution < -0.4 is 4.74 Å². The van der Waals surface area contributed by atoms with E-state index in [4.69, 9.17) is 21.1 Å². The maximum atomic E-state index is 6.24. The molecule has 1 heterocycles. The molecule has 0 bridgehead atoms. The highest BCUT2D eigenvalue weighted by atomic mass is 35.5. The van der Waals surface area contributed by atoms with Crippen molar-refractivity contribution in [2.45, 2.75) is 58.7 Å². The van der Waals surface area contributed by atoms with Crippen LogP contribution >= 0.6 is 11.6 Å². The van der Waals surface area contributed by atoms with E-state index in [1.807, 2.05) is 19.1 Å². The molecular weight excluding hydrogens is 260 g/mol. The van der Waals surface area contributed by atoms with Crippen LogP contribution in [0.25, 0.3) is 0 Å². The van der Waals surface area contributed by atoms with Crippen molar-refractivity contribution >= 4 is 11.6 Å². The summed E-state index contributed by atoms with van der Waals surface area (Å²) in [5.74, 6) is 1.44. The van der Waals surface area contributed by atoms with E-state index in [1.165, 1.54) is 11.1 Å². The first-order chi connectivity index (χ1) is 9.02. The van der Waals surface area contributed by atoms with Gasteiger partial charge in [-0.2, -0.15) is 0 Å². The van der Waals surface area contributed by atoms with Gasteiger partial charge in [-0.05, 0) is 55.9 Å². The van der Waals surface area contributed by atoms with Crippen LogP contribution in [0.4, 0.5) is 0 Å². The van der Waals surface area contributed by atoms with Crippen molar-refractivity contribution in [3.05, 3.63) is 28.3 Å². The highest BCUT2D eigenvalue weighted by Crippen LogP contribution is 2.36. The minimum absolute atomic E-state index is 0.412. The van der Waals surface area contributed by atoms with Crippen molar-refractivity contribution in [2.24, 2.45) is 0 Å². The van der Waals surface area contributed by atoms with E-state index in [0.29, 0.717) is 24.7 Å². The molecule has 106 valence electrons. The van der Waals surface area contributed by atoms with Gasteiger partial charge >= 0.3 is 0 Å². The molecule has 1 fully saturated rings. The number of ether oxygens (including phenoxy) is 2. The number of epoxide rings is 1. The predicted octanol–water partition coefficient (Wildman–Crippen LogP) is 4.58. The molecule has 2 unspecified atom stereocenters. The van der Waals surface area contributed by atoms with Gasteiger partial charge in [0.05, 0.1) is 18.8 Å². The van der Waals surface area contributed by atoms with E-state index < -0.39 is 0 Å². The van der Waals surface area contributed by atoms with Gasteiger partial charge in [0.25, 0.3) is 0 Å². The molecule has 1 aromatic carbocycles. The summed E-state index contributed by atoms with van der Waals surface area (Å²) >= 11 is 6.24. The van der Waals surface area contributed by atoms with Crippen molar-refractivity contribution in [3.63, 3.8) is 0 Å². The van der Waals surface area contributed by atoms with Gasteiger partial charge in [-0.15, -0.1) is 0 Å². The highest BCUT2D eigenvalue weighted by Gasteiger charge is 2.33. The Balaban J connectivity index is 2.22. The Kier molecular flexibility index (Phi) is 4.75. The molecule has 0 N–H and O–H groups in total. The minimum Gasteiger partial charge on any atom is -0.493 e. The second-order valence-electron chi connectivity index (χ2n) is 5.49. The molecule has 0 spiro atoms. The molecule has 0 radical (unpaired) electrons. The third kappa shape index (κ3) is 3.64.